The van der Waals surface area contributed by atoms with E-state index in [1.165, 1.54) is 11.1 Å². The summed E-state index contributed by atoms with van der Waals surface area (Å²) in [6.45, 7) is 4.18. The number of hydrogen-bond acceptors (Lipinski definition) is 5. The van der Waals surface area contributed by atoms with E-state index in [1.807, 2.05) is 41.3 Å². The zero-order chi connectivity index (χ0) is 27.2. The summed E-state index contributed by atoms with van der Waals surface area (Å²) in [5.41, 5.74) is 4.12. The zero-order valence-corrected chi connectivity index (χ0v) is 22.8. The molecule has 1 amide bonds. The summed E-state index contributed by atoms with van der Waals surface area (Å²) in [6, 6.07) is 21.3. The molecule has 0 spiro atoms. The molecule has 0 bridgehead atoms. The van der Waals surface area contributed by atoms with Crippen molar-refractivity contribution in [3.63, 3.8) is 0 Å². The van der Waals surface area contributed by atoms with Gasteiger partial charge in [-0.25, -0.2) is 0 Å². The van der Waals surface area contributed by atoms with Crippen LogP contribution in [0.5, 0.6) is 0 Å². The van der Waals surface area contributed by atoms with Crippen LogP contribution >= 0.6 is 11.6 Å². The zero-order valence-electron chi connectivity index (χ0n) is 22.1. The normalized spacial score (nSPS) is 17.1. The second kappa shape index (κ2) is 12.5. The molecule has 2 aliphatic rings. The first-order chi connectivity index (χ1) is 19.0. The summed E-state index contributed by atoms with van der Waals surface area (Å²) >= 11 is 6.01. The van der Waals surface area contributed by atoms with E-state index in [1.54, 1.807) is 18.3 Å². The number of nitrogens with zero attached hydrogens (tertiary/aromatic N) is 4. The van der Waals surface area contributed by atoms with Crippen LogP contribution in [-0.2, 0) is 6.54 Å². The van der Waals surface area contributed by atoms with Crippen molar-refractivity contribution in [1.82, 2.24) is 14.8 Å². The molecule has 0 radical (unpaired) electrons. The van der Waals surface area contributed by atoms with Crippen molar-refractivity contribution in [2.45, 2.75) is 44.6 Å². The highest BCUT2D eigenvalue weighted by atomic mass is 35.5. The number of carbonyl (C=O) groups is 2. The second-order valence-corrected chi connectivity index (χ2v) is 11.1. The van der Waals surface area contributed by atoms with Gasteiger partial charge in [0.1, 0.15) is 5.69 Å². The topological polar surface area (TPSA) is 77.3 Å². The molecule has 2 aliphatic heterocycles. The molecule has 3 heterocycles. The van der Waals surface area contributed by atoms with Gasteiger partial charge in [0.25, 0.3) is 5.91 Å². The van der Waals surface area contributed by atoms with E-state index >= 15 is 0 Å². The van der Waals surface area contributed by atoms with Crippen LogP contribution in [0.15, 0.2) is 66.9 Å². The molecule has 6 nitrogen and oxygen atoms in total. The minimum atomic E-state index is -0.0225. The predicted molar refractivity (Wildman–Crippen MR) is 152 cm³/mol. The van der Waals surface area contributed by atoms with Gasteiger partial charge in [0.2, 0.25) is 0 Å². The number of ketones is 1. The Hall–Kier alpha value is -3.53. The highest BCUT2D eigenvalue weighted by molar-refractivity contribution is 6.30. The maximum atomic E-state index is 13.0. The number of aromatic nitrogens is 1. The Kier molecular flexibility index (Phi) is 8.71. The predicted octanol–water partition coefficient (Wildman–Crippen LogP) is 6.11. The van der Waals surface area contributed by atoms with Gasteiger partial charge in [0, 0.05) is 37.3 Å². The minimum absolute atomic E-state index is 0.0225. The molecular weight excluding hydrogens is 508 g/mol. The van der Waals surface area contributed by atoms with E-state index in [0.29, 0.717) is 48.2 Å². The van der Waals surface area contributed by atoms with Gasteiger partial charge in [-0.05, 0) is 98.1 Å². The Balaban J connectivity index is 1.07. The lowest BCUT2D eigenvalue weighted by molar-refractivity contribution is 0.0711. The lowest BCUT2D eigenvalue weighted by atomic mass is 9.89. The number of halogens is 1. The van der Waals surface area contributed by atoms with Crippen LogP contribution in [0.25, 0.3) is 0 Å². The first kappa shape index (κ1) is 27.1. The van der Waals surface area contributed by atoms with Gasteiger partial charge >= 0.3 is 0 Å². The monoisotopic (exact) mass is 540 g/mol. The number of Topliss-reactive ketones (excluding diaryl/α,β-unsaturated/α-hetero) is 1. The summed E-state index contributed by atoms with van der Waals surface area (Å²) < 4.78 is 0. The van der Waals surface area contributed by atoms with Crippen molar-refractivity contribution in [1.29, 1.82) is 5.26 Å². The number of piperidine rings is 2. The lowest BCUT2D eigenvalue weighted by Gasteiger charge is -2.32. The highest BCUT2D eigenvalue weighted by Crippen LogP contribution is 2.29. The van der Waals surface area contributed by atoms with E-state index in [4.69, 9.17) is 16.9 Å². The molecule has 2 saturated heterocycles. The molecule has 0 atom stereocenters. The summed E-state index contributed by atoms with van der Waals surface area (Å²) in [5, 5.41) is 9.70. The summed E-state index contributed by atoms with van der Waals surface area (Å²) in [7, 11) is 0. The average Bonchev–Trinajstić information content (AvgIpc) is 2.99. The lowest BCUT2D eigenvalue weighted by Crippen LogP contribution is -2.38. The molecule has 2 aromatic carbocycles. The third-order valence-electron chi connectivity index (χ3n) is 8.09. The number of benzene rings is 2. The third kappa shape index (κ3) is 6.92. The quantitative estimate of drug-likeness (QED) is 0.338. The van der Waals surface area contributed by atoms with E-state index in [-0.39, 0.29) is 11.7 Å². The van der Waals surface area contributed by atoms with Gasteiger partial charge in [-0.15, -0.1) is 0 Å². The van der Waals surface area contributed by atoms with Crippen LogP contribution in [0, 0.1) is 17.2 Å². The number of carbonyl (C=O) groups excluding carboxylic acids is 2. The molecule has 0 unspecified atom stereocenters. The van der Waals surface area contributed by atoms with Gasteiger partial charge < -0.3 is 4.90 Å². The largest absolute Gasteiger partial charge is 0.339 e. The number of pyridine rings is 1. The first-order valence-corrected chi connectivity index (χ1v) is 14.1. The summed E-state index contributed by atoms with van der Waals surface area (Å²) in [5.74, 6) is 0.807. The van der Waals surface area contributed by atoms with Crippen LogP contribution < -0.4 is 0 Å². The van der Waals surface area contributed by atoms with Crippen LogP contribution in [0.1, 0.15) is 75.6 Å². The Morgan fingerprint density at radius 1 is 0.897 bits per heavy atom. The Morgan fingerprint density at radius 3 is 2.21 bits per heavy atom. The van der Waals surface area contributed by atoms with Gasteiger partial charge in [0.05, 0.1) is 17.2 Å². The van der Waals surface area contributed by atoms with Crippen LogP contribution in [0.2, 0.25) is 5.02 Å². The molecule has 3 aromatic rings. The Labute approximate surface area is 235 Å². The molecule has 0 aliphatic carbocycles. The summed E-state index contributed by atoms with van der Waals surface area (Å²) in [4.78, 5) is 34.6. The van der Waals surface area contributed by atoms with Gasteiger partial charge in [-0.2, -0.15) is 5.26 Å². The van der Waals surface area contributed by atoms with Gasteiger partial charge in [-0.1, -0.05) is 35.9 Å². The van der Waals surface area contributed by atoms with Crippen molar-refractivity contribution < 1.29 is 9.59 Å². The molecule has 1 aromatic heterocycles. The molecule has 2 fully saturated rings. The van der Waals surface area contributed by atoms with Crippen LogP contribution in [0.3, 0.4) is 0 Å². The maximum absolute atomic E-state index is 13.0. The minimum Gasteiger partial charge on any atom is -0.339 e. The van der Waals surface area contributed by atoms with Crippen molar-refractivity contribution in [2.24, 2.45) is 5.92 Å². The van der Waals surface area contributed by atoms with Crippen molar-refractivity contribution >= 4 is 23.3 Å². The average molecular weight is 541 g/mol. The van der Waals surface area contributed by atoms with E-state index < -0.39 is 0 Å². The van der Waals surface area contributed by atoms with E-state index in [0.717, 1.165) is 50.3 Å². The smallest absolute Gasteiger partial charge is 0.255 e. The summed E-state index contributed by atoms with van der Waals surface area (Å²) in [6.07, 6.45) is 5.84. The molecule has 7 heteroatoms. The second-order valence-electron chi connectivity index (χ2n) is 10.7. The Bertz CT molecular complexity index is 1320. The van der Waals surface area contributed by atoms with E-state index in [9.17, 15) is 9.59 Å². The highest BCUT2D eigenvalue weighted by Gasteiger charge is 2.26. The van der Waals surface area contributed by atoms with E-state index in [2.05, 4.69) is 28.1 Å². The van der Waals surface area contributed by atoms with Gasteiger partial charge in [0.15, 0.2) is 5.78 Å². The first-order valence-electron chi connectivity index (χ1n) is 13.7. The number of likely N-dealkylation sites (tertiary alicyclic amines) is 2. The fourth-order valence-electron chi connectivity index (χ4n) is 5.68. The van der Waals surface area contributed by atoms with Crippen LogP contribution in [-0.4, -0.2) is 52.7 Å². The maximum Gasteiger partial charge on any atom is 0.255 e. The number of nitriles is 1. The number of rotatable bonds is 7. The number of hydrogen-bond donors (Lipinski definition) is 0. The van der Waals surface area contributed by atoms with Crippen molar-refractivity contribution in [2.75, 3.05) is 26.2 Å². The fourth-order valence-corrected chi connectivity index (χ4v) is 5.80. The van der Waals surface area contributed by atoms with Gasteiger partial charge in [-0.3, -0.25) is 19.5 Å². The molecule has 5 rings (SSSR count). The fraction of sp³-hybridized carbons (Fsp3) is 0.375. The molecule has 200 valence electrons. The third-order valence-corrected chi connectivity index (χ3v) is 8.34. The Morgan fingerprint density at radius 2 is 1.59 bits per heavy atom. The molecular formula is C32H33ClN4O2. The molecule has 0 saturated carbocycles. The SMILES string of the molecule is N#Cc1ccc(CN2CCC(CC(=O)c3ccc(C(=O)N4CCC(c5ccc(Cl)cc5)CC4)cn3)CC2)cc1. The standard InChI is InChI=1S/C32H33ClN4O2/c33-29-8-5-26(6-9-29)27-13-17-37(18-14-27)32(39)28-7-10-30(35-21-28)31(38)19-23-11-15-36(16-12-23)22-25-3-1-24(20-34)2-4-25/h1-10,21,23,27H,11-19,22H2. The number of amides is 1. The molecule has 39 heavy (non-hydrogen) atoms. The van der Waals surface area contributed by atoms with Crippen molar-refractivity contribution in [3.8, 4) is 6.07 Å². The van der Waals surface area contributed by atoms with Crippen molar-refractivity contribution in [3.05, 3.63) is 99.8 Å². The van der Waals surface area contributed by atoms with Crippen LogP contribution in [0.4, 0.5) is 0 Å². The molecule has 0 N–H and O–H groups in total.